The summed E-state index contributed by atoms with van der Waals surface area (Å²) in [6.07, 6.45) is -5.26. The van der Waals surface area contributed by atoms with Gasteiger partial charge in [0.15, 0.2) is 0 Å². The van der Waals surface area contributed by atoms with Crippen molar-refractivity contribution in [2.24, 2.45) is 0 Å². The van der Waals surface area contributed by atoms with Crippen LogP contribution in [0.5, 0.6) is 5.75 Å². The first-order valence-electron chi connectivity index (χ1n) is 3.90. The molecule has 0 atom stereocenters. The maximum Gasteiger partial charge on any atom is 0.573 e. The van der Waals surface area contributed by atoms with Crippen LogP contribution < -0.4 is 4.74 Å². The summed E-state index contributed by atoms with van der Waals surface area (Å²) < 4.78 is 63.9. The standard InChI is InChI=1S/C7H3F5N2O3/c8-2-3-1-4(17-7(10,11)12)5(14(15)16)6(9)13-3/h1H,2H2. The highest BCUT2D eigenvalue weighted by Crippen LogP contribution is 2.34. The van der Waals surface area contributed by atoms with Gasteiger partial charge < -0.3 is 4.74 Å². The van der Waals surface area contributed by atoms with Crippen LogP contribution in [-0.4, -0.2) is 16.3 Å². The van der Waals surface area contributed by atoms with Crippen LogP contribution in [0.2, 0.25) is 0 Å². The zero-order valence-electron chi connectivity index (χ0n) is 7.79. The van der Waals surface area contributed by atoms with Gasteiger partial charge in [0, 0.05) is 6.07 Å². The Bertz CT molecular complexity index is 448. The van der Waals surface area contributed by atoms with Crippen molar-refractivity contribution in [2.75, 3.05) is 0 Å². The molecular formula is C7H3F5N2O3. The lowest BCUT2D eigenvalue weighted by molar-refractivity contribution is -0.391. The van der Waals surface area contributed by atoms with Crippen molar-refractivity contribution in [3.05, 3.63) is 27.8 Å². The van der Waals surface area contributed by atoms with Gasteiger partial charge in [-0.3, -0.25) is 10.1 Å². The average Bonchev–Trinajstić information content (AvgIpc) is 2.13. The molecule has 10 heteroatoms. The largest absolute Gasteiger partial charge is 0.573 e. The zero-order valence-corrected chi connectivity index (χ0v) is 7.79. The Hall–Kier alpha value is -2.00. The molecule has 5 nitrogen and oxygen atoms in total. The van der Waals surface area contributed by atoms with E-state index in [0.717, 1.165) is 0 Å². The van der Waals surface area contributed by atoms with Crippen molar-refractivity contribution < 1.29 is 31.6 Å². The number of nitrogens with zero attached hydrogens (tertiary/aromatic N) is 2. The predicted molar refractivity (Wildman–Crippen MR) is 42.3 cm³/mol. The molecule has 94 valence electrons. The Morgan fingerprint density at radius 1 is 1.47 bits per heavy atom. The molecule has 1 aromatic rings. The number of pyridine rings is 1. The quantitative estimate of drug-likeness (QED) is 0.361. The van der Waals surface area contributed by atoms with Gasteiger partial charge in [0.2, 0.25) is 5.75 Å². The third-order valence-electron chi connectivity index (χ3n) is 1.51. The lowest BCUT2D eigenvalue weighted by Gasteiger charge is -2.09. The maximum absolute atomic E-state index is 13.0. The van der Waals surface area contributed by atoms with E-state index in [1.165, 1.54) is 0 Å². The van der Waals surface area contributed by atoms with Gasteiger partial charge in [-0.05, 0) is 0 Å². The van der Waals surface area contributed by atoms with Crippen LogP contribution in [0.25, 0.3) is 0 Å². The highest BCUT2D eigenvalue weighted by Gasteiger charge is 2.36. The van der Waals surface area contributed by atoms with Crippen molar-refractivity contribution in [1.29, 1.82) is 0 Å². The van der Waals surface area contributed by atoms with E-state index in [9.17, 15) is 32.1 Å². The minimum Gasteiger partial charge on any atom is -0.398 e. The van der Waals surface area contributed by atoms with Crippen molar-refractivity contribution in [3.63, 3.8) is 0 Å². The van der Waals surface area contributed by atoms with Gasteiger partial charge in [0.05, 0.1) is 10.6 Å². The second kappa shape index (κ2) is 4.47. The molecule has 0 aliphatic rings. The van der Waals surface area contributed by atoms with Crippen LogP contribution in [0.4, 0.5) is 27.6 Å². The summed E-state index contributed by atoms with van der Waals surface area (Å²) in [7, 11) is 0. The van der Waals surface area contributed by atoms with E-state index < -0.39 is 41.0 Å². The average molecular weight is 258 g/mol. The minimum atomic E-state index is -5.26. The third-order valence-corrected chi connectivity index (χ3v) is 1.51. The Morgan fingerprint density at radius 2 is 2.06 bits per heavy atom. The smallest absolute Gasteiger partial charge is 0.398 e. The molecule has 1 heterocycles. The van der Waals surface area contributed by atoms with E-state index in [4.69, 9.17) is 0 Å². The fourth-order valence-electron chi connectivity index (χ4n) is 0.969. The topological polar surface area (TPSA) is 65.3 Å². The SMILES string of the molecule is O=[N+]([O-])c1c(OC(F)(F)F)cc(CF)nc1F. The second-order valence-electron chi connectivity index (χ2n) is 2.69. The normalized spacial score (nSPS) is 11.4. The molecule has 17 heavy (non-hydrogen) atoms. The lowest BCUT2D eigenvalue weighted by Crippen LogP contribution is -2.18. The second-order valence-corrected chi connectivity index (χ2v) is 2.69. The Kier molecular flexibility index (Phi) is 3.44. The Labute approximate surface area is 90.0 Å². The molecule has 0 N–H and O–H groups in total. The maximum atomic E-state index is 13.0. The summed E-state index contributed by atoms with van der Waals surface area (Å²) in [6, 6.07) is 0.314. The van der Waals surface area contributed by atoms with Gasteiger partial charge in [-0.2, -0.15) is 4.39 Å². The van der Waals surface area contributed by atoms with E-state index in [2.05, 4.69) is 9.72 Å². The van der Waals surface area contributed by atoms with Gasteiger partial charge in [-0.15, -0.1) is 13.2 Å². The molecule has 0 amide bonds. The van der Waals surface area contributed by atoms with Crippen molar-refractivity contribution in [2.45, 2.75) is 13.0 Å². The van der Waals surface area contributed by atoms with Gasteiger partial charge in [-0.25, -0.2) is 9.37 Å². The van der Waals surface area contributed by atoms with E-state index in [1.54, 1.807) is 0 Å². The Balaban J connectivity index is 3.32. The van der Waals surface area contributed by atoms with Gasteiger partial charge in [0.1, 0.15) is 6.67 Å². The number of aromatic nitrogens is 1. The van der Waals surface area contributed by atoms with Gasteiger partial charge >= 0.3 is 12.0 Å². The first-order chi connectivity index (χ1) is 7.74. The molecule has 0 unspecified atom stereocenters. The van der Waals surface area contributed by atoms with E-state index in [1.807, 2.05) is 0 Å². The first kappa shape index (κ1) is 13.1. The number of hydrogen-bond acceptors (Lipinski definition) is 4. The number of alkyl halides is 4. The van der Waals surface area contributed by atoms with Crippen LogP contribution in [0.15, 0.2) is 6.07 Å². The molecular weight excluding hydrogens is 255 g/mol. The van der Waals surface area contributed by atoms with Crippen LogP contribution in [0.3, 0.4) is 0 Å². The van der Waals surface area contributed by atoms with Crippen molar-refractivity contribution in [1.82, 2.24) is 4.98 Å². The number of ether oxygens (including phenoxy) is 1. The molecule has 0 aromatic carbocycles. The number of rotatable bonds is 3. The molecule has 0 aliphatic carbocycles. The molecule has 0 spiro atoms. The summed E-state index contributed by atoms with van der Waals surface area (Å²) in [5.74, 6) is -3.29. The summed E-state index contributed by atoms with van der Waals surface area (Å²) >= 11 is 0. The lowest BCUT2D eigenvalue weighted by atomic mass is 10.3. The highest BCUT2D eigenvalue weighted by atomic mass is 19.4. The number of nitro groups is 1. The fourth-order valence-corrected chi connectivity index (χ4v) is 0.969. The fraction of sp³-hybridized carbons (Fsp3) is 0.286. The number of halogens is 5. The zero-order chi connectivity index (χ0) is 13.2. The summed E-state index contributed by atoms with van der Waals surface area (Å²) in [4.78, 5) is 11.6. The minimum absolute atomic E-state index is 0.314. The molecule has 0 fully saturated rings. The number of hydrogen-bond donors (Lipinski definition) is 0. The molecule has 0 aliphatic heterocycles. The van der Waals surface area contributed by atoms with E-state index in [0.29, 0.717) is 6.07 Å². The first-order valence-corrected chi connectivity index (χ1v) is 3.90. The summed E-state index contributed by atoms with van der Waals surface area (Å²) in [5.41, 5.74) is -2.34. The van der Waals surface area contributed by atoms with Crippen LogP contribution in [0.1, 0.15) is 5.69 Å². The summed E-state index contributed by atoms with van der Waals surface area (Å²) in [6.45, 7) is -1.39. The molecule has 1 aromatic heterocycles. The van der Waals surface area contributed by atoms with E-state index in [-0.39, 0.29) is 0 Å². The van der Waals surface area contributed by atoms with E-state index >= 15 is 0 Å². The summed E-state index contributed by atoms with van der Waals surface area (Å²) in [5, 5.41) is 10.3. The predicted octanol–water partition coefficient (Wildman–Crippen LogP) is 2.50. The van der Waals surface area contributed by atoms with Crippen LogP contribution >= 0.6 is 0 Å². The third kappa shape index (κ3) is 3.23. The van der Waals surface area contributed by atoms with Crippen molar-refractivity contribution in [3.8, 4) is 5.75 Å². The Morgan fingerprint density at radius 3 is 2.47 bits per heavy atom. The molecule has 0 bridgehead atoms. The molecule has 1 rings (SSSR count). The molecule has 0 radical (unpaired) electrons. The molecule has 0 saturated carbocycles. The highest BCUT2D eigenvalue weighted by molar-refractivity contribution is 5.46. The van der Waals surface area contributed by atoms with Gasteiger partial charge in [0.25, 0.3) is 5.95 Å². The van der Waals surface area contributed by atoms with Crippen molar-refractivity contribution >= 4 is 5.69 Å². The molecule has 0 saturated heterocycles. The monoisotopic (exact) mass is 258 g/mol. The van der Waals surface area contributed by atoms with Crippen LogP contribution in [-0.2, 0) is 6.67 Å². The van der Waals surface area contributed by atoms with Crippen LogP contribution in [0, 0.1) is 16.1 Å². The van der Waals surface area contributed by atoms with Gasteiger partial charge in [-0.1, -0.05) is 0 Å².